The number of amides is 1. The van der Waals surface area contributed by atoms with Crippen molar-refractivity contribution in [3.05, 3.63) is 47.9 Å². The zero-order chi connectivity index (χ0) is 16.1. The molecule has 0 saturated heterocycles. The van der Waals surface area contributed by atoms with Crippen molar-refractivity contribution in [2.75, 3.05) is 18.4 Å². The van der Waals surface area contributed by atoms with E-state index < -0.39 is 11.6 Å². The van der Waals surface area contributed by atoms with Gasteiger partial charge in [-0.3, -0.25) is 4.79 Å². The summed E-state index contributed by atoms with van der Waals surface area (Å²) in [6, 6.07) is 4.90. The summed E-state index contributed by atoms with van der Waals surface area (Å²) in [5.41, 5.74) is -0.152. The Bertz CT molecular complexity index is 654. The molecule has 0 fully saturated rings. The van der Waals surface area contributed by atoms with Gasteiger partial charge >= 0.3 is 0 Å². The van der Waals surface area contributed by atoms with Crippen molar-refractivity contribution >= 4 is 17.4 Å². The first-order chi connectivity index (χ1) is 10.6. The molecule has 0 atom stereocenters. The van der Waals surface area contributed by atoms with Gasteiger partial charge < -0.3 is 10.2 Å². The van der Waals surface area contributed by atoms with Crippen LogP contribution in [-0.4, -0.2) is 33.9 Å². The van der Waals surface area contributed by atoms with Gasteiger partial charge in [0.1, 0.15) is 35.2 Å². The molecule has 0 saturated carbocycles. The maximum absolute atomic E-state index is 13.6. The summed E-state index contributed by atoms with van der Waals surface area (Å²) in [4.78, 5) is 21.6. The van der Waals surface area contributed by atoms with Crippen LogP contribution in [0.3, 0.4) is 0 Å². The summed E-state index contributed by atoms with van der Waals surface area (Å²) in [6.45, 7) is 4.81. The Morgan fingerprint density at radius 1 is 1.18 bits per heavy atom. The van der Waals surface area contributed by atoms with Gasteiger partial charge in [0.2, 0.25) is 0 Å². The fraction of sp³-hybridized carbons (Fsp3) is 0.267. The van der Waals surface area contributed by atoms with Crippen LogP contribution in [0.4, 0.5) is 20.3 Å². The average Bonchev–Trinajstić information content (AvgIpc) is 2.52. The lowest BCUT2D eigenvalue weighted by molar-refractivity contribution is 0.0767. The molecule has 1 amide bonds. The molecule has 1 N–H and O–H groups in total. The number of carbonyl (C=O) groups excluding carboxylic acids is 1. The number of hydrogen-bond donors (Lipinski definition) is 1. The number of rotatable bonds is 5. The largest absolute Gasteiger partial charge is 0.338 e. The predicted molar refractivity (Wildman–Crippen MR) is 78.9 cm³/mol. The second-order valence-corrected chi connectivity index (χ2v) is 4.49. The van der Waals surface area contributed by atoms with E-state index >= 15 is 0 Å². The molecule has 116 valence electrons. The van der Waals surface area contributed by atoms with Crippen molar-refractivity contribution in [3.8, 4) is 0 Å². The molecule has 0 spiro atoms. The van der Waals surface area contributed by atoms with E-state index in [9.17, 15) is 13.6 Å². The lowest BCUT2D eigenvalue weighted by Crippen LogP contribution is -2.31. The first kappa shape index (κ1) is 15.8. The summed E-state index contributed by atoms with van der Waals surface area (Å²) < 4.78 is 27.2. The van der Waals surface area contributed by atoms with Crippen molar-refractivity contribution in [2.45, 2.75) is 13.8 Å². The number of carbonyl (C=O) groups is 1. The van der Waals surface area contributed by atoms with Crippen LogP contribution in [0.15, 0.2) is 30.6 Å². The van der Waals surface area contributed by atoms with Crippen molar-refractivity contribution in [1.29, 1.82) is 0 Å². The van der Waals surface area contributed by atoms with Crippen LogP contribution in [-0.2, 0) is 0 Å². The first-order valence-corrected chi connectivity index (χ1v) is 6.89. The van der Waals surface area contributed by atoms with Crippen LogP contribution in [0.2, 0.25) is 0 Å². The fourth-order valence-electron chi connectivity index (χ4n) is 1.96. The highest BCUT2D eigenvalue weighted by atomic mass is 19.1. The lowest BCUT2D eigenvalue weighted by atomic mass is 10.2. The van der Waals surface area contributed by atoms with Gasteiger partial charge in [-0.1, -0.05) is 6.07 Å². The van der Waals surface area contributed by atoms with Gasteiger partial charge in [-0.2, -0.15) is 0 Å². The highest BCUT2D eigenvalue weighted by Crippen LogP contribution is 2.22. The van der Waals surface area contributed by atoms with Crippen LogP contribution in [0.25, 0.3) is 0 Å². The summed E-state index contributed by atoms with van der Waals surface area (Å²) in [5.74, 6) is -1.59. The Morgan fingerprint density at radius 2 is 1.82 bits per heavy atom. The maximum Gasteiger partial charge on any atom is 0.272 e. The normalized spacial score (nSPS) is 10.4. The third kappa shape index (κ3) is 3.36. The van der Waals surface area contributed by atoms with Crippen LogP contribution < -0.4 is 5.32 Å². The number of hydrogen-bond acceptors (Lipinski definition) is 4. The van der Waals surface area contributed by atoms with Gasteiger partial charge in [0, 0.05) is 19.2 Å². The maximum atomic E-state index is 13.6. The minimum absolute atomic E-state index is 0.148. The minimum atomic E-state index is -0.741. The first-order valence-electron chi connectivity index (χ1n) is 6.89. The van der Waals surface area contributed by atoms with E-state index in [0.717, 1.165) is 12.1 Å². The standard InChI is InChI=1S/C15H16F2N4O/c1-3-21(4-2)15(22)12-8-13(19-9-18-12)20-14-10(16)6-5-7-11(14)17/h5-9H,3-4H2,1-2H3,(H,18,19,20). The zero-order valence-corrected chi connectivity index (χ0v) is 12.3. The van der Waals surface area contributed by atoms with Gasteiger partial charge in [-0.15, -0.1) is 0 Å². The summed E-state index contributed by atoms with van der Waals surface area (Å²) in [6.07, 6.45) is 1.18. The molecule has 0 aliphatic rings. The molecule has 7 heteroatoms. The molecule has 2 rings (SSSR count). The average molecular weight is 306 g/mol. The number of benzene rings is 1. The van der Waals surface area contributed by atoms with Crippen LogP contribution in [0, 0.1) is 11.6 Å². The Labute approximate surface area is 127 Å². The zero-order valence-electron chi connectivity index (χ0n) is 12.3. The molecule has 0 aliphatic heterocycles. The second kappa shape index (κ2) is 6.93. The van der Waals surface area contributed by atoms with E-state index in [1.807, 2.05) is 13.8 Å². The quantitative estimate of drug-likeness (QED) is 0.922. The molecule has 22 heavy (non-hydrogen) atoms. The number of nitrogens with one attached hydrogen (secondary N) is 1. The number of anilines is 2. The molecule has 1 aromatic heterocycles. The van der Waals surface area contributed by atoms with Gasteiger partial charge in [0.15, 0.2) is 0 Å². The van der Waals surface area contributed by atoms with E-state index in [-0.39, 0.29) is 23.1 Å². The van der Waals surface area contributed by atoms with E-state index in [1.54, 1.807) is 4.90 Å². The SMILES string of the molecule is CCN(CC)C(=O)c1cc(Nc2c(F)cccc2F)ncn1. The van der Waals surface area contributed by atoms with E-state index in [2.05, 4.69) is 15.3 Å². The van der Waals surface area contributed by atoms with E-state index in [4.69, 9.17) is 0 Å². The fourth-order valence-corrected chi connectivity index (χ4v) is 1.96. The summed E-state index contributed by atoms with van der Waals surface area (Å²) in [7, 11) is 0. The molecule has 0 radical (unpaired) electrons. The number of halogens is 2. The molecule has 0 bridgehead atoms. The third-order valence-electron chi connectivity index (χ3n) is 3.15. The smallest absolute Gasteiger partial charge is 0.272 e. The number of aromatic nitrogens is 2. The molecule has 0 unspecified atom stereocenters. The van der Waals surface area contributed by atoms with Crippen molar-refractivity contribution < 1.29 is 13.6 Å². The number of nitrogens with zero attached hydrogens (tertiary/aromatic N) is 3. The Morgan fingerprint density at radius 3 is 2.41 bits per heavy atom. The molecule has 1 aromatic carbocycles. The minimum Gasteiger partial charge on any atom is -0.338 e. The van der Waals surface area contributed by atoms with Crippen molar-refractivity contribution in [1.82, 2.24) is 14.9 Å². The van der Waals surface area contributed by atoms with E-state index in [0.29, 0.717) is 13.1 Å². The molecule has 0 aliphatic carbocycles. The second-order valence-electron chi connectivity index (χ2n) is 4.49. The van der Waals surface area contributed by atoms with Crippen LogP contribution >= 0.6 is 0 Å². The number of para-hydroxylation sites is 1. The summed E-state index contributed by atoms with van der Waals surface area (Å²) >= 11 is 0. The van der Waals surface area contributed by atoms with Gasteiger partial charge in [-0.25, -0.2) is 18.7 Å². The van der Waals surface area contributed by atoms with Crippen LogP contribution in [0.1, 0.15) is 24.3 Å². The Kier molecular flexibility index (Phi) is 4.98. The molecular weight excluding hydrogens is 290 g/mol. The van der Waals surface area contributed by atoms with Crippen molar-refractivity contribution in [2.24, 2.45) is 0 Å². The lowest BCUT2D eigenvalue weighted by Gasteiger charge is -2.18. The highest BCUT2D eigenvalue weighted by molar-refractivity contribution is 5.93. The highest BCUT2D eigenvalue weighted by Gasteiger charge is 2.16. The predicted octanol–water partition coefficient (Wildman–Crippen LogP) is 2.98. The molecule has 2 aromatic rings. The molecule has 1 heterocycles. The van der Waals surface area contributed by atoms with Crippen molar-refractivity contribution in [3.63, 3.8) is 0 Å². The topological polar surface area (TPSA) is 58.1 Å². The Hall–Kier alpha value is -2.57. The Balaban J connectivity index is 2.27. The monoisotopic (exact) mass is 306 g/mol. The summed E-state index contributed by atoms with van der Waals surface area (Å²) in [5, 5.41) is 2.54. The molecular formula is C15H16F2N4O. The van der Waals surface area contributed by atoms with E-state index in [1.165, 1.54) is 18.5 Å². The van der Waals surface area contributed by atoms with Gasteiger partial charge in [0.25, 0.3) is 5.91 Å². The third-order valence-corrected chi connectivity index (χ3v) is 3.15. The van der Waals surface area contributed by atoms with Crippen LogP contribution in [0.5, 0.6) is 0 Å². The van der Waals surface area contributed by atoms with Gasteiger partial charge in [-0.05, 0) is 26.0 Å². The van der Waals surface area contributed by atoms with Gasteiger partial charge in [0.05, 0.1) is 0 Å². The molecule has 5 nitrogen and oxygen atoms in total.